The lowest BCUT2D eigenvalue weighted by Gasteiger charge is -2.31. The molecule has 1 aliphatic rings. The number of ether oxygens (including phenoxy) is 1. The zero-order valence-corrected chi connectivity index (χ0v) is 12.6. The third-order valence-corrected chi connectivity index (χ3v) is 4.78. The minimum absolute atomic E-state index is 0.0914. The van der Waals surface area contributed by atoms with Crippen molar-refractivity contribution in [1.29, 1.82) is 0 Å². The van der Waals surface area contributed by atoms with E-state index in [0.29, 0.717) is 12.1 Å². The highest BCUT2D eigenvalue weighted by Crippen LogP contribution is 2.61. The maximum absolute atomic E-state index is 14.1. The van der Waals surface area contributed by atoms with Gasteiger partial charge >= 0.3 is 0 Å². The van der Waals surface area contributed by atoms with E-state index in [1.165, 1.54) is 12.4 Å². The Labute approximate surface area is 124 Å². The van der Waals surface area contributed by atoms with Gasteiger partial charge in [0.05, 0.1) is 6.54 Å². The summed E-state index contributed by atoms with van der Waals surface area (Å²) in [7, 11) is 0. The van der Waals surface area contributed by atoms with Crippen molar-refractivity contribution in [3.05, 3.63) is 48.3 Å². The zero-order chi connectivity index (χ0) is 15.1. The van der Waals surface area contributed by atoms with Gasteiger partial charge in [-0.2, -0.15) is 5.10 Å². The van der Waals surface area contributed by atoms with Crippen LogP contribution in [0.1, 0.15) is 38.9 Å². The molecule has 0 N–H and O–H groups in total. The number of hydrogen-bond donors (Lipinski definition) is 0. The van der Waals surface area contributed by atoms with Crippen molar-refractivity contribution in [3.63, 3.8) is 0 Å². The molecule has 2 aromatic rings. The van der Waals surface area contributed by atoms with Crippen molar-refractivity contribution in [2.45, 2.75) is 45.4 Å². The average molecular weight is 289 g/mol. The van der Waals surface area contributed by atoms with Gasteiger partial charge in [0.15, 0.2) is 0 Å². The fraction of sp³-hybridized carbons (Fsp3) is 0.500. The Morgan fingerprint density at radius 2 is 2.14 bits per heavy atom. The first-order valence-electron chi connectivity index (χ1n) is 7.25. The second-order valence-electron chi connectivity index (χ2n) is 6.24. The molecule has 5 heteroatoms. The monoisotopic (exact) mass is 289 g/mol. The SMILES string of the molecule is CCC(C)(C)C1(Cn2cncn2)OC1c1ccccc1F. The Morgan fingerprint density at radius 3 is 2.76 bits per heavy atom. The number of hydrogen-bond acceptors (Lipinski definition) is 3. The molecule has 0 radical (unpaired) electrons. The molecule has 0 spiro atoms. The van der Waals surface area contributed by atoms with Gasteiger partial charge in [0.1, 0.15) is 30.2 Å². The highest BCUT2D eigenvalue weighted by Gasteiger charge is 2.65. The van der Waals surface area contributed by atoms with E-state index in [1.807, 2.05) is 6.07 Å². The summed E-state index contributed by atoms with van der Waals surface area (Å²) in [6.45, 7) is 7.02. The van der Waals surface area contributed by atoms with Gasteiger partial charge in [-0.05, 0) is 17.9 Å². The van der Waals surface area contributed by atoms with Gasteiger partial charge in [-0.15, -0.1) is 0 Å². The minimum Gasteiger partial charge on any atom is -0.358 e. The van der Waals surface area contributed by atoms with Crippen LogP contribution in [0.5, 0.6) is 0 Å². The molecule has 1 fully saturated rings. The summed E-state index contributed by atoms with van der Waals surface area (Å²) in [6, 6.07) is 6.83. The molecular weight excluding hydrogens is 269 g/mol. The largest absolute Gasteiger partial charge is 0.358 e. The van der Waals surface area contributed by atoms with E-state index in [-0.39, 0.29) is 17.3 Å². The van der Waals surface area contributed by atoms with Crippen LogP contribution in [0.4, 0.5) is 4.39 Å². The molecule has 2 heterocycles. The maximum Gasteiger partial charge on any atom is 0.137 e. The molecule has 1 aromatic heterocycles. The summed E-state index contributed by atoms with van der Waals surface area (Å²) in [6.07, 6.45) is 3.88. The molecule has 3 rings (SSSR count). The number of benzene rings is 1. The van der Waals surface area contributed by atoms with Gasteiger partial charge in [0.25, 0.3) is 0 Å². The summed E-state index contributed by atoms with van der Waals surface area (Å²) < 4.78 is 21.9. The number of aromatic nitrogens is 3. The first-order chi connectivity index (χ1) is 10.00. The van der Waals surface area contributed by atoms with Crippen LogP contribution in [0.3, 0.4) is 0 Å². The predicted molar refractivity (Wildman–Crippen MR) is 77.1 cm³/mol. The molecule has 1 aliphatic heterocycles. The normalized spacial score (nSPS) is 25.0. The van der Waals surface area contributed by atoms with Crippen molar-refractivity contribution in [2.24, 2.45) is 5.41 Å². The molecular formula is C16H20FN3O. The molecule has 0 saturated carbocycles. The first-order valence-corrected chi connectivity index (χ1v) is 7.25. The Bertz CT molecular complexity index is 626. The third kappa shape index (κ3) is 2.25. The fourth-order valence-corrected chi connectivity index (χ4v) is 2.88. The van der Waals surface area contributed by atoms with Crippen LogP contribution in [0.2, 0.25) is 0 Å². The smallest absolute Gasteiger partial charge is 0.137 e. The van der Waals surface area contributed by atoms with Crippen LogP contribution < -0.4 is 0 Å². The maximum atomic E-state index is 14.1. The van der Waals surface area contributed by atoms with Gasteiger partial charge < -0.3 is 4.74 Å². The number of halogens is 1. The van der Waals surface area contributed by atoms with Gasteiger partial charge in [-0.25, -0.2) is 14.1 Å². The van der Waals surface area contributed by atoms with Crippen molar-refractivity contribution < 1.29 is 9.13 Å². The minimum atomic E-state index is -0.447. The summed E-state index contributed by atoms with van der Waals surface area (Å²) in [5, 5.41) is 4.17. The van der Waals surface area contributed by atoms with E-state index >= 15 is 0 Å². The molecule has 112 valence electrons. The second-order valence-corrected chi connectivity index (χ2v) is 6.24. The number of epoxide rings is 1. The van der Waals surface area contributed by atoms with Crippen LogP contribution in [0, 0.1) is 11.2 Å². The van der Waals surface area contributed by atoms with E-state index in [2.05, 4.69) is 30.9 Å². The van der Waals surface area contributed by atoms with Crippen molar-refractivity contribution in [1.82, 2.24) is 14.8 Å². The van der Waals surface area contributed by atoms with Crippen molar-refractivity contribution >= 4 is 0 Å². The quantitative estimate of drug-likeness (QED) is 0.793. The molecule has 0 bridgehead atoms. The van der Waals surface area contributed by atoms with E-state index in [4.69, 9.17) is 4.74 Å². The summed E-state index contributed by atoms with van der Waals surface area (Å²) in [4.78, 5) is 3.98. The molecule has 4 nitrogen and oxygen atoms in total. The lowest BCUT2D eigenvalue weighted by atomic mass is 9.73. The molecule has 21 heavy (non-hydrogen) atoms. The standard InChI is InChI=1S/C16H20FN3O/c1-4-15(2,3)16(9-20-11-18-10-19-20)14(21-16)12-7-5-6-8-13(12)17/h5-8,10-11,14H,4,9H2,1-3H3. The Morgan fingerprint density at radius 1 is 1.38 bits per heavy atom. The zero-order valence-electron chi connectivity index (χ0n) is 12.6. The molecule has 2 atom stereocenters. The average Bonchev–Trinajstić information content (AvgIpc) is 2.96. The van der Waals surface area contributed by atoms with Crippen LogP contribution in [-0.2, 0) is 11.3 Å². The molecule has 0 aliphatic carbocycles. The van der Waals surface area contributed by atoms with E-state index in [9.17, 15) is 4.39 Å². The third-order valence-electron chi connectivity index (χ3n) is 4.78. The Balaban J connectivity index is 1.95. The topological polar surface area (TPSA) is 43.2 Å². The lowest BCUT2D eigenvalue weighted by Crippen LogP contribution is -2.37. The predicted octanol–water partition coefficient (Wildman–Crippen LogP) is 3.36. The van der Waals surface area contributed by atoms with Gasteiger partial charge in [0.2, 0.25) is 0 Å². The highest BCUT2D eigenvalue weighted by molar-refractivity contribution is 5.29. The second kappa shape index (κ2) is 4.91. The summed E-state index contributed by atoms with van der Waals surface area (Å²) >= 11 is 0. The van der Waals surface area contributed by atoms with Crippen molar-refractivity contribution in [3.8, 4) is 0 Å². The first kappa shape index (κ1) is 14.2. The fourth-order valence-electron chi connectivity index (χ4n) is 2.88. The Hall–Kier alpha value is -1.75. The lowest BCUT2D eigenvalue weighted by molar-refractivity contribution is 0.110. The highest BCUT2D eigenvalue weighted by atomic mass is 19.1. The van der Waals surface area contributed by atoms with Crippen molar-refractivity contribution in [2.75, 3.05) is 0 Å². The Kier molecular flexibility index (Phi) is 3.32. The van der Waals surface area contributed by atoms with Gasteiger partial charge in [0, 0.05) is 5.56 Å². The van der Waals surface area contributed by atoms with Crippen LogP contribution in [0.15, 0.2) is 36.9 Å². The van der Waals surface area contributed by atoms with E-state index < -0.39 is 5.60 Å². The molecule has 1 aromatic carbocycles. The molecule has 1 saturated heterocycles. The number of nitrogens with zero attached hydrogens (tertiary/aromatic N) is 3. The molecule has 0 amide bonds. The van der Waals surface area contributed by atoms with Crippen LogP contribution in [0.25, 0.3) is 0 Å². The summed E-state index contributed by atoms with van der Waals surface area (Å²) in [5.74, 6) is -0.213. The van der Waals surface area contributed by atoms with E-state index in [1.54, 1.807) is 23.1 Å². The summed E-state index contributed by atoms with van der Waals surface area (Å²) in [5.41, 5.74) is 0.0861. The molecule has 2 unspecified atom stereocenters. The van der Waals surface area contributed by atoms with Crippen LogP contribution in [-0.4, -0.2) is 20.4 Å². The van der Waals surface area contributed by atoms with Crippen LogP contribution >= 0.6 is 0 Å². The number of rotatable bonds is 5. The van der Waals surface area contributed by atoms with Gasteiger partial charge in [-0.3, -0.25) is 0 Å². The van der Waals surface area contributed by atoms with Gasteiger partial charge in [-0.1, -0.05) is 39.0 Å². The van der Waals surface area contributed by atoms with E-state index in [0.717, 1.165) is 6.42 Å².